The number of amides is 1. The number of hydrogen-bond acceptors (Lipinski definition) is 5. The van der Waals surface area contributed by atoms with Crippen LogP contribution in [0.5, 0.6) is 11.5 Å². The summed E-state index contributed by atoms with van der Waals surface area (Å²) in [6.07, 6.45) is 2.39. The van der Waals surface area contributed by atoms with Crippen LogP contribution < -0.4 is 14.8 Å². The molecule has 0 bridgehead atoms. The van der Waals surface area contributed by atoms with Crippen molar-refractivity contribution in [2.75, 3.05) is 14.2 Å². The number of rotatable bonds is 8. The lowest BCUT2D eigenvalue weighted by molar-refractivity contribution is -0.121. The molecule has 1 amide bonds. The normalized spacial score (nSPS) is 10.4. The highest BCUT2D eigenvalue weighted by Crippen LogP contribution is 2.24. The number of benzene rings is 2. The summed E-state index contributed by atoms with van der Waals surface area (Å²) in [5.74, 6) is 2.62. The van der Waals surface area contributed by atoms with E-state index in [2.05, 4.69) is 10.3 Å². The lowest BCUT2D eigenvalue weighted by Gasteiger charge is -2.09. The highest BCUT2D eigenvalue weighted by molar-refractivity contribution is 5.76. The van der Waals surface area contributed by atoms with E-state index in [1.165, 1.54) is 0 Å². The molecular weight excluding hydrogens is 344 g/mol. The van der Waals surface area contributed by atoms with Crippen molar-refractivity contribution in [1.29, 1.82) is 0 Å². The fourth-order valence-corrected chi connectivity index (χ4v) is 2.69. The molecule has 1 heterocycles. The molecule has 0 fully saturated rings. The summed E-state index contributed by atoms with van der Waals surface area (Å²) < 4.78 is 16.3. The Morgan fingerprint density at radius 1 is 1.11 bits per heavy atom. The van der Waals surface area contributed by atoms with Crippen LogP contribution in [0.15, 0.2) is 59.1 Å². The predicted molar refractivity (Wildman–Crippen MR) is 102 cm³/mol. The van der Waals surface area contributed by atoms with Crippen LogP contribution in [0.3, 0.4) is 0 Å². The zero-order valence-corrected chi connectivity index (χ0v) is 15.4. The van der Waals surface area contributed by atoms with Gasteiger partial charge in [-0.1, -0.05) is 30.3 Å². The number of carbonyl (C=O) groups excluding carboxylic acids is 1. The van der Waals surface area contributed by atoms with E-state index in [0.29, 0.717) is 31.0 Å². The monoisotopic (exact) mass is 366 g/mol. The van der Waals surface area contributed by atoms with Gasteiger partial charge in [0.2, 0.25) is 5.91 Å². The Labute approximate surface area is 158 Å². The summed E-state index contributed by atoms with van der Waals surface area (Å²) in [4.78, 5) is 16.4. The van der Waals surface area contributed by atoms with Crippen molar-refractivity contribution in [1.82, 2.24) is 10.3 Å². The summed E-state index contributed by atoms with van der Waals surface area (Å²) in [5.41, 5.74) is 1.82. The summed E-state index contributed by atoms with van der Waals surface area (Å²) in [5, 5.41) is 2.89. The lowest BCUT2D eigenvalue weighted by atomic mass is 10.2. The van der Waals surface area contributed by atoms with E-state index < -0.39 is 0 Å². The molecule has 1 N–H and O–H groups in total. The molecule has 0 aliphatic carbocycles. The van der Waals surface area contributed by atoms with Gasteiger partial charge in [0.1, 0.15) is 11.5 Å². The first kappa shape index (κ1) is 18.5. The summed E-state index contributed by atoms with van der Waals surface area (Å²) in [7, 11) is 3.23. The van der Waals surface area contributed by atoms with E-state index in [9.17, 15) is 4.79 Å². The molecule has 140 valence electrons. The number of aryl methyl sites for hydroxylation is 1. The SMILES string of the molecule is COc1cccc(-c2cnc(CCC(=O)NCc3ccccc3OC)o2)c1. The maximum absolute atomic E-state index is 12.1. The van der Waals surface area contributed by atoms with Gasteiger partial charge in [-0.3, -0.25) is 4.79 Å². The largest absolute Gasteiger partial charge is 0.497 e. The highest BCUT2D eigenvalue weighted by atomic mass is 16.5. The van der Waals surface area contributed by atoms with Crippen molar-refractivity contribution < 1.29 is 18.7 Å². The fourth-order valence-electron chi connectivity index (χ4n) is 2.69. The number of hydrogen-bond donors (Lipinski definition) is 1. The molecule has 0 aliphatic rings. The molecule has 0 unspecified atom stereocenters. The maximum atomic E-state index is 12.1. The standard InChI is InChI=1S/C21H22N2O4/c1-25-17-8-5-7-15(12-17)19-14-23-21(27-19)11-10-20(24)22-13-16-6-3-4-9-18(16)26-2/h3-9,12,14H,10-11,13H2,1-2H3,(H,22,24). The minimum Gasteiger partial charge on any atom is -0.497 e. The van der Waals surface area contributed by atoms with E-state index in [-0.39, 0.29) is 5.91 Å². The maximum Gasteiger partial charge on any atom is 0.220 e. The average Bonchev–Trinajstić information content (AvgIpc) is 3.20. The van der Waals surface area contributed by atoms with Crippen molar-refractivity contribution in [2.45, 2.75) is 19.4 Å². The Balaban J connectivity index is 1.53. The van der Waals surface area contributed by atoms with Crippen molar-refractivity contribution in [2.24, 2.45) is 0 Å². The van der Waals surface area contributed by atoms with Crippen molar-refractivity contribution in [3.8, 4) is 22.8 Å². The van der Waals surface area contributed by atoms with Crippen molar-refractivity contribution >= 4 is 5.91 Å². The first-order chi connectivity index (χ1) is 13.2. The molecular formula is C21H22N2O4. The van der Waals surface area contributed by atoms with E-state index >= 15 is 0 Å². The molecule has 1 aromatic heterocycles. The summed E-state index contributed by atoms with van der Waals surface area (Å²) in [6.45, 7) is 0.420. The van der Waals surface area contributed by atoms with Gasteiger partial charge in [0.05, 0.1) is 20.4 Å². The number of oxazole rings is 1. The highest BCUT2D eigenvalue weighted by Gasteiger charge is 2.10. The lowest BCUT2D eigenvalue weighted by Crippen LogP contribution is -2.23. The zero-order chi connectivity index (χ0) is 19.1. The average molecular weight is 366 g/mol. The number of carbonyl (C=O) groups is 1. The van der Waals surface area contributed by atoms with Crippen LogP contribution in [0.25, 0.3) is 11.3 Å². The molecule has 0 saturated carbocycles. The molecule has 0 aliphatic heterocycles. The van der Waals surface area contributed by atoms with E-state index in [4.69, 9.17) is 13.9 Å². The topological polar surface area (TPSA) is 73.6 Å². The van der Waals surface area contributed by atoms with Crippen LogP contribution in [0.4, 0.5) is 0 Å². The fraction of sp³-hybridized carbons (Fsp3) is 0.238. The predicted octanol–water partition coefficient (Wildman–Crippen LogP) is 3.61. The number of nitrogens with one attached hydrogen (secondary N) is 1. The van der Waals surface area contributed by atoms with Gasteiger partial charge in [-0.05, 0) is 18.2 Å². The van der Waals surface area contributed by atoms with Gasteiger partial charge in [-0.25, -0.2) is 4.98 Å². The number of para-hydroxylation sites is 1. The van der Waals surface area contributed by atoms with Crippen LogP contribution in [0.1, 0.15) is 17.9 Å². The molecule has 6 nitrogen and oxygen atoms in total. The Hall–Kier alpha value is -3.28. The smallest absolute Gasteiger partial charge is 0.220 e. The summed E-state index contributed by atoms with van der Waals surface area (Å²) in [6, 6.07) is 15.2. The van der Waals surface area contributed by atoms with Crippen LogP contribution in [0, 0.1) is 0 Å². The molecule has 3 rings (SSSR count). The Kier molecular flexibility index (Phi) is 6.10. The third kappa shape index (κ3) is 4.88. The van der Waals surface area contributed by atoms with Crippen molar-refractivity contribution in [3.05, 3.63) is 66.2 Å². The van der Waals surface area contributed by atoms with E-state index in [1.807, 2.05) is 48.5 Å². The van der Waals surface area contributed by atoms with Gasteiger partial charge in [0.15, 0.2) is 11.7 Å². The second-order valence-electron chi connectivity index (χ2n) is 5.94. The Morgan fingerprint density at radius 3 is 2.78 bits per heavy atom. The van der Waals surface area contributed by atoms with E-state index in [0.717, 1.165) is 22.6 Å². The molecule has 2 aromatic carbocycles. The van der Waals surface area contributed by atoms with Crippen LogP contribution in [-0.4, -0.2) is 25.1 Å². The first-order valence-corrected chi connectivity index (χ1v) is 8.67. The minimum atomic E-state index is -0.0676. The molecule has 0 saturated heterocycles. The number of aromatic nitrogens is 1. The zero-order valence-electron chi connectivity index (χ0n) is 15.4. The number of methoxy groups -OCH3 is 2. The number of ether oxygens (including phenoxy) is 2. The molecule has 0 radical (unpaired) electrons. The quantitative estimate of drug-likeness (QED) is 0.659. The van der Waals surface area contributed by atoms with Crippen LogP contribution >= 0.6 is 0 Å². The van der Waals surface area contributed by atoms with Crippen LogP contribution in [0.2, 0.25) is 0 Å². The van der Waals surface area contributed by atoms with Crippen LogP contribution in [-0.2, 0) is 17.8 Å². The molecule has 0 spiro atoms. The Bertz CT molecular complexity index is 904. The van der Waals surface area contributed by atoms with E-state index in [1.54, 1.807) is 20.4 Å². The second-order valence-corrected chi connectivity index (χ2v) is 5.94. The van der Waals surface area contributed by atoms with Crippen molar-refractivity contribution in [3.63, 3.8) is 0 Å². The van der Waals surface area contributed by atoms with Gasteiger partial charge in [0, 0.05) is 30.5 Å². The third-order valence-corrected chi connectivity index (χ3v) is 4.14. The molecule has 0 atom stereocenters. The minimum absolute atomic E-state index is 0.0676. The second kappa shape index (κ2) is 8.89. The molecule has 3 aromatic rings. The van der Waals surface area contributed by atoms with Gasteiger partial charge >= 0.3 is 0 Å². The van der Waals surface area contributed by atoms with Gasteiger partial charge in [-0.15, -0.1) is 0 Å². The molecule has 6 heteroatoms. The Morgan fingerprint density at radius 2 is 1.96 bits per heavy atom. The molecule has 27 heavy (non-hydrogen) atoms. The first-order valence-electron chi connectivity index (χ1n) is 8.67. The van der Waals surface area contributed by atoms with Gasteiger partial charge in [-0.2, -0.15) is 0 Å². The van der Waals surface area contributed by atoms with Gasteiger partial charge < -0.3 is 19.2 Å². The van der Waals surface area contributed by atoms with Gasteiger partial charge in [0.25, 0.3) is 0 Å². The number of nitrogens with zero attached hydrogens (tertiary/aromatic N) is 1. The third-order valence-electron chi connectivity index (χ3n) is 4.14. The summed E-state index contributed by atoms with van der Waals surface area (Å²) >= 11 is 0.